The fraction of sp³-hybridized carbons (Fsp3) is 0.133. The average molecular weight is 212 g/mol. The summed E-state index contributed by atoms with van der Waals surface area (Å²) in [6.07, 6.45) is 13.3. The highest BCUT2D eigenvalue weighted by Gasteiger charge is 2.25. The first-order chi connectivity index (χ1) is 7.74. The summed E-state index contributed by atoms with van der Waals surface area (Å²) in [5.41, 5.74) is 2.83. The SMILES string of the molecule is C=C\C=C/C=C1/CC(=O)C(=C/C=C)/C1=C\C. The van der Waals surface area contributed by atoms with Crippen molar-refractivity contribution in [2.75, 3.05) is 0 Å². The third-order valence-corrected chi connectivity index (χ3v) is 2.41. The Kier molecular flexibility index (Phi) is 4.46. The van der Waals surface area contributed by atoms with Gasteiger partial charge in [-0.15, -0.1) is 0 Å². The number of Topliss-reactive ketones (excluding diaryl/α,β-unsaturated/α-hetero) is 1. The Bertz CT molecular complexity index is 428. The van der Waals surface area contributed by atoms with E-state index in [4.69, 9.17) is 0 Å². The summed E-state index contributed by atoms with van der Waals surface area (Å²) in [5, 5.41) is 0. The molecule has 0 aromatic heterocycles. The van der Waals surface area contributed by atoms with Crippen LogP contribution in [0.5, 0.6) is 0 Å². The fourth-order valence-corrected chi connectivity index (χ4v) is 1.73. The molecular weight excluding hydrogens is 196 g/mol. The Morgan fingerprint density at radius 1 is 1.06 bits per heavy atom. The van der Waals surface area contributed by atoms with E-state index < -0.39 is 0 Å². The Morgan fingerprint density at radius 2 is 1.81 bits per heavy atom. The summed E-state index contributed by atoms with van der Waals surface area (Å²) in [7, 11) is 0. The van der Waals surface area contributed by atoms with E-state index in [-0.39, 0.29) is 5.78 Å². The zero-order valence-electron chi connectivity index (χ0n) is 9.57. The zero-order chi connectivity index (χ0) is 12.0. The van der Waals surface area contributed by atoms with Crippen LogP contribution in [0.2, 0.25) is 0 Å². The number of hydrogen-bond acceptors (Lipinski definition) is 1. The predicted molar refractivity (Wildman–Crippen MR) is 69.1 cm³/mol. The third kappa shape index (κ3) is 2.57. The third-order valence-electron chi connectivity index (χ3n) is 2.41. The molecule has 0 unspecified atom stereocenters. The number of rotatable bonds is 3. The van der Waals surface area contributed by atoms with Crippen LogP contribution in [0.1, 0.15) is 13.3 Å². The molecule has 0 aromatic rings. The van der Waals surface area contributed by atoms with Gasteiger partial charge >= 0.3 is 0 Å². The number of carbonyl (C=O) groups is 1. The van der Waals surface area contributed by atoms with E-state index in [9.17, 15) is 4.79 Å². The van der Waals surface area contributed by atoms with E-state index >= 15 is 0 Å². The summed E-state index contributed by atoms with van der Waals surface area (Å²) in [6.45, 7) is 9.17. The van der Waals surface area contributed by atoms with Crippen LogP contribution in [0.25, 0.3) is 0 Å². The van der Waals surface area contributed by atoms with E-state index in [0.717, 1.165) is 16.7 Å². The molecule has 0 amide bonds. The summed E-state index contributed by atoms with van der Waals surface area (Å²) < 4.78 is 0. The Labute approximate surface area is 96.9 Å². The van der Waals surface area contributed by atoms with Crippen molar-refractivity contribution in [2.24, 2.45) is 0 Å². The van der Waals surface area contributed by atoms with Gasteiger partial charge in [0.15, 0.2) is 5.78 Å². The first-order valence-electron chi connectivity index (χ1n) is 5.25. The van der Waals surface area contributed by atoms with Crippen LogP contribution in [0, 0.1) is 0 Å². The van der Waals surface area contributed by atoms with Gasteiger partial charge < -0.3 is 0 Å². The van der Waals surface area contributed by atoms with Gasteiger partial charge in [-0.3, -0.25) is 4.79 Å². The minimum absolute atomic E-state index is 0.159. The maximum atomic E-state index is 11.7. The number of carbonyl (C=O) groups excluding carboxylic acids is 1. The molecule has 16 heavy (non-hydrogen) atoms. The molecule has 1 rings (SSSR count). The van der Waals surface area contributed by atoms with Gasteiger partial charge in [0.05, 0.1) is 0 Å². The highest BCUT2D eigenvalue weighted by atomic mass is 16.1. The molecule has 0 N–H and O–H groups in total. The second-order valence-corrected chi connectivity index (χ2v) is 3.43. The van der Waals surface area contributed by atoms with Crippen LogP contribution in [0.15, 0.2) is 72.4 Å². The second kappa shape index (κ2) is 5.86. The van der Waals surface area contributed by atoms with Gasteiger partial charge in [0.1, 0.15) is 0 Å². The minimum atomic E-state index is 0.159. The lowest BCUT2D eigenvalue weighted by atomic mass is 10.1. The largest absolute Gasteiger partial charge is 0.294 e. The number of ketones is 1. The van der Waals surface area contributed by atoms with Gasteiger partial charge in [0.25, 0.3) is 0 Å². The molecule has 0 bridgehead atoms. The summed E-state index contributed by atoms with van der Waals surface area (Å²) in [5.74, 6) is 0.159. The quantitative estimate of drug-likeness (QED) is 0.515. The molecule has 0 heterocycles. The number of allylic oxidation sites excluding steroid dienone is 10. The lowest BCUT2D eigenvalue weighted by Crippen LogP contribution is -1.91. The van der Waals surface area contributed by atoms with Crippen molar-refractivity contribution in [1.82, 2.24) is 0 Å². The molecule has 0 aliphatic heterocycles. The van der Waals surface area contributed by atoms with Crippen LogP contribution in [0.3, 0.4) is 0 Å². The maximum Gasteiger partial charge on any atom is 0.167 e. The van der Waals surface area contributed by atoms with Crippen LogP contribution in [-0.4, -0.2) is 5.78 Å². The van der Waals surface area contributed by atoms with Crippen molar-refractivity contribution in [3.63, 3.8) is 0 Å². The monoisotopic (exact) mass is 212 g/mol. The lowest BCUT2D eigenvalue weighted by molar-refractivity contribution is -0.114. The molecule has 1 nitrogen and oxygen atoms in total. The van der Waals surface area contributed by atoms with E-state index in [1.807, 2.05) is 31.2 Å². The van der Waals surface area contributed by atoms with Gasteiger partial charge in [0.2, 0.25) is 0 Å². The van der Waals surface area contributed by atoms with Gasteiger partial charge in [-0.2, -0.15) is 0 Å². The van der Waals surface area contributed by atoms with Gasteiger partial charge in [-0.25, -0.2) is 0 Å². The van der Waals surface area contributed by atoms with Crippen molar-refractivity contribution < 1.29 is 4.79 Å². The van der Waals surface area contributed by atoms with Crippen molar-refractivity contribution in [3.05, 3.63) is 72.4 Å². The number of hydrogen-bond donors (Lipinski definition) is 0. The molecular formula is C15H16O. The van der Waals surface area contributed by atoms with Crippen LogP contribution < -0.4 is 0 Å². The van der Waals surface area contributed by atoms with Gasteiger partial charge in [-0.05, 0) is 18.1 Å². The molecule has 0 spiro atoms. The molecule has 82 valence electrons. The topological polar surface area (TPSA) is 17.1 Å². The highest BCUT2D eigenvalue weighted by Crippen LogP contribution is 2.32. The Balaban J connectivity index is 3.09. The standard InChI is InChI=1S/C15H16O/c1-4-7-8-10-12-11-15(16)14(9-5-2)13(12)6-3/h4-10H,1-2,11H2,3H3/b8-7-,12-10-,13-6-,14-9+. The van der Waals surface area contributed by atoms with Crippen LogP contribution in [0.4, 0.5) is 0 Å². The summed E-state index contributed by atoms with van der Waals surface area (Å²) in [6, 6.07) is 0. The van der Waals surface area contributed by atoms with Crippen LogP contribution in [-0.2, 0) is 4.79 Å². The van der Waals surface area contributed by atoms with Crippen molar-refractivity contribution in [3.8, 4) is 0 Å². The highest BCUT2D eigenvalue weighted by molar-refractivity contribution is 6.07. The van der Waals surface area contributed by atoms with Crippen LogP contribution >= 0.6 is 0 Å². The molecule has 1 aliphatic rings. The zero-order valence-corrected chi connectivity index (χ0v) is 9.57. The molecule has 0 radical (unpaired) electrons. The second-order valence-electron chi connectivity index (χ2n) is 3.43. The molecule has 1 aliphatic carbocycles. The summed E-state index contributed by atoms with van der Waals surface area (Å²) >= 11 is 0. The van der Waals surface area contributed by atoms with Crippen molar-refractivity contribution in [1.29, 1.82) is 0 Å². The average Bonchev–Trinajstić information content (AvgIpc) is 2.56. The van der Waals surface area contributed by atoms with Gasteiger partial charge in [-0.1, -0.05) is 55.7 Å². The maximum absolute atomic E-state index is 11.7. The molecule has 0 atom stereocenters. The fourth-order valence-electron chi connectivity index (χ4n) is 1.73. The van der Waals surface area contributed by atoms with E-state index in [0.29, 0.717) is 6.42 Å². The van der Waals surface area contributed by atoms with Crippen molar-refractivity contribution >= 4 is 5.78 Å². The molecule has 1 heteroatoms. The minimum Gasteiger partial charge on any atom is -0.294 e. The predicted octanol–water partition coefficient (Wildman–Crippen LogP) is 3.69. The summed E-state index contributed by atoms with van der Waals surface area (Å²) in [4.78, 5) is 11.7. The Hall–Kier alpha value is -1.89. The molecule has 1 fully saturated rings. The first kappa shape index (κ1) is 12.2. The molecule has 0 saturated heterocycles. The van der Waals surface area contributed by atoms with E-state index in [2.05, 4.69) is 13.2 Å². The van der Waals surface area contributed by atoms with E-state index in [1.165, 1.54) is 0 Å². The smallest absolute Gasteiger partial charge is 0.167 e. The van der Waals surface area contributed by atoms with Gasteiger partial charge in [0, 0.05) is 12.0 Å². The van der Waals surface area contributed by atoms with E-state index in [1.54, 1.807) is 18.2 Å². The molecule has 0 aromatic carbocycles. The normalized spacial score (nSPS) is 23.8. The lowest BCUT2D eigenvalue weighted by Gasteiger charge is -1.98. The Morgan fingerprint density at radius 3 is 2.38 bits per heavy atom. The van der Waals surface area contributed by atoms with Crippen molar-refractivity contribution in [2.45, 2.75) is 13.3 Å². The first-order valence-corrected chi connectivity index (χ1v) is 5.25. The molecule has 1 saturated carbocycles.